The van der Waals surface area contributed by atoms with Crippen LogP contribution in [-0.2, 0) is 6.42 Å². The molecule has 2 aromatic rings. The molecule has 128 valence electrons. The molecular formula is C15H24ClN5OS. The molecule has 0 bridgehead atoms. The van der Waals surface area contributed by atoms with Crippen LogP contribution in [0, 0.1) is 12.8 Å². The van der Waals surface area contributed by atoms with Gasteiger partial charge in [0.15, 0.2) is 5.82 Å². The summed E-state index contributed by atoms with van der Waals surface area (Å²) in [6.07, 6.45) is 0.933. The number of halogens is 1. The van der Waals surface area contributed by atoms with Gasteiger partial charge in [-0.3, -0.25) is 4.90 Å². The van der Waals surface area contributed by atoms with Gasteiger partial charge < -0.3 is 9.84 Å². The Morgan fingerprint density at radius 1 is 1.39 bits per heavy atom. The lowest BCUT2D eigenvalue weighted by Gasteiger charge is -2.30. The molecule has 1 aliphatic heterocycles. The summed E-state index contributed by atoms with van der Waals surface area (Å²) >= 11 is 1.63. The minimum Gasteiger partial charge on any atom is -0.333 e. The highest BCUT2D eigenvalue weighted by molar-refractivity contribution is 7.15. The summed E-state index contributed by atoms with van der Waals surface area (Å²) in [4.78, 5) is 12.6. The normalized spacial score (nSPS) is 19.1. The summed E-state index contributed by atoms with van der Waals surface area (Å²) in [7, 11) is 2.10. The maximum atomic E-state index is 5.54. The van der Waals surface area contributed by atoms with Crippen molar-refractivity contribution >= 4 is 23.7 Å². The molecule has 3 rings (SSSR count). The molecular weight excluding hydrogens is 334 g/mol. The molecule has 1 fully saturated rings. The molecule has 0 amide bonds. The van der Waals surface area contributed by atoms with Crippen LogP contribution in [0.1, 0.15) is 36.4 Å². The molecule has 1 atom stereocenters. The van der Waals surface area contributed by atoms with Gasteiger partial charge in [-0.05, 0) is 26.3 Å². The average Bonchev–Trinajstić information content (AvgIpc) is 3.05. The quantitative estimate of drug-likeness (QED) is 0.907. The third kappa shape index (κ3) is 4.09. The van der Waals surface area contributed by atoms with Gasteiger partial charge in [0, 0.05) is 19.6 Å². The number of nitrogens with zero attached hydrogens (tertiary/aromatic N) is 4. The predicted octanol–water partition coefficient (Wildman–Crippen LogP) is 2.70. The summed E-state index contributed by atoms with van der Waals surface area (Å²) in [6, 6.07) is 0.175. The monoisotopic (exact) mass is 357 g/mol. The SMILES string of the molecule is Cc1nc(CC(C)C)c(-c2nc(C3CNCCN3C)no2)s1.Cl. The first kappa shape index (κ1) is 18.3. The van der Waals surface area contributed by atoms with Crippen molar-refractivity contribution in [2.45, 2.75) is 33.2 Å². The molecule has 0 aromatic carbocycles. The van der Waals surface area contributed by atoms with Crippen LogP contribution >= 0.6 is 23.7 Å². The summed E-state index contributed by atoms with van der Waals surface area (Å²) < 4.78 is 5.54. The summed E-state index contributed by atoms with van der Waals surface area (Å²) in [5, 5.41) is 8.63. The van der Waals surface area contributed by atoms with Crippen molar-refractivity contribution in [1.82, 2.24) is 25.3 Å². The van der Waals surface area contributed by atoms with Crippen LogP contribution in [-0.4, -0.2) is 46.7 Å². The Bertz CT molecular complexity index is 642. The topological polar surface area (TPSA) is 67.1 Å². The number of aromatic nitrogens is 3. The van der Waals surface area contributed by atoms with Crippen molar-refractivity contribution in [2.75, 3.05) is 26.7 Å². The number of piperazine rings is 1. The number of hydrogen-bond donors (Lipinski definition) is 1. The molecule has 0 saturated carbocycles. The van der Waals surface area contributed by atoms with Crippen LogP contribution < -0.4 is 5.32 Å². The van der Waals surface area contributed by atoms with Crippen molar-refractivity contribution in [3.63, 3.8) is 0 Å². The van der Waals surface area contributed by atoms with Gasteiger partial charge in [-0.25, -0.2) is 4.98 Å². The molecule has 2 aromatic heterocycles. The standard InChI is InChI=1S/C15H23N5OS.ClH/c1-9(2)7-11-13(22-10(3)17-11)15-18-14(19-21-15)12-8-16-5-6-20(12)4;/h9,12,16H,5-8H2,1-4H3;1H. The van der Waals surface area contributed by atoms with Crippen molar-refractivity contribution < 1.29 is 4.52 Å². The predicted molar refractivity (Wildman–Crippen MR) is 94.2 cm³/mol. The zero-order valence-electron chi connectivity index (χ0n) is 14.0. The molecule has 1 saturated heterocycles. The number of likely N-dealkylation sites (N-methyl/N-ethyl adjacent to an activating group) is 1. The zero-order chi connectivity index (χ0) is 15.7. The Morgan fingerprint density at radius 3 is 2.87 bits per heavy atom. The smallest absolute Gasteiger partial charge is 0.269 e. The second-order valence-electron chi connectivity index (χ2n) is 6.26. The molecule has 3 heterocycles. The van der Waals surface area contributed by atoms with E-state index in [1.165, 1.54) is 0 Å². The fourth-order valence-corrected chi connectivity index (χ4v) is 3.59. The Labute approximate surface area is 147 Å². The van der Waals surface area contributed by atoms with Crippen LogP contribution in [0.15, 0.2) is 4.52 Å². The van der Waals surface area contributed by atoms with Crippen LogP contribution in [0.25, 0.3) is 10.8 Å². The molecule has 0 aliphatic carbocycles. The van der Waals surface area contributed by atoms with Gasteiger partial charge in [-0.2, -0.15) is 4.98 Å². The van der Waals surface area contributed by atoms with E-state index in [-0.39, 0.29) is 18.4 Å². The summed E-state index contributed by atoms with van der Waals surface area (Å²) in [5.41, 5.74) is 1.07. The molecule has 0 spiro atoms. The first-order chi connectivity index (χ1) is 10.5. The molecule has 1 aliphatic rings. The molecule has 0 radical (unpaired) electrons. The second kappa shape index (κ2) is 7.70. The van der Waals surface area contributed by atoms with E-state index < -0.39 is 0 Å². The van der Waals surface area contributed by atoms with Crippen LogP contribution in [0.3, 0.4) is 0 Å². The lowest BCUT2D eigenvalue weighted by Crippen LogP contribution is -2.44. The van der Waals surface area contributed by atoms with Gasteiger partial charge in [0.1, 0.15) is 4.88 Å². The number of thiazole rings is 1. The van der Waals surface area contributed by atoms with Gasteiger partial charge in [-0.15, -0.1) is 23.7 Å². The van der Waals surface area contributed by atoms with E-state index in [9.17, 15) is 0 Å². The van der Waals surface area contributed by atoms with Gasteiger partial charge in [0.2, 0.25) is 0 Å². The van der Waals surface area contributed by atoms with Crippen LogP contribution in [0.2, 0.25) is 0 Å². The first-order valence-electron chi connectivity index (χ1n) is 7.76. The van der Waals surface area contributed by atoms with Crippen molar-refractivity contribution in [3.8, 4) is 10.8 Å². The number of hydrogen-bond acceptors (Lipinski definition) is 7. The third-order valence-corrected chi connectivity index (χ3v) is 4.85. The Morgan fingerprint density at radius 2 is 2.17 bits per heavy atom. The van der Waals surface area contributed by atoms with Gasteiger partial charge in [0.25, 0.3) is 5.89 Å². The summed E-state index contributed by atoms with van der Waals surface area (Å²) in [6.45, 7) is 9.27. The van der Waals surface area contributed by atoms with E-state index in [4.69, 9.17) is 4.52 Å². The minimum absolute atomic E-state index is 0. The molecule has 23 heavy (non-hydrogen) atoms. The fraction of sp³-hybridized carbons (Fsp3) is 0.667. The van der Waals surface area contributed by atoms with Crippen LogP contribution in [0.5, 0.6) is 0 Å². The van der Waals surface area contributed by atoms with Crippen molar-refractivity contribution in [1.29, 1.82) is 0 Å². The lowest BCUT2D eigenvalue weighted by atomic mass is 10.1. The van der Waals surface area contributed by atoms with Gasteiger partial charge >= 0.3 is 0 Å². The molecule has 1 unspecified atom stereocenters. The number of rotatable bonds is 4. The fourth-order valence-electron chi connectivity index (χ4n) is 2.72. The van der Waals surface area contributed by atoms with Crippen molar-refractivity contribution in [3.05, 3.63) is 16.5 Å². The first-order valence-corrected chi connectivity index (χ1v) is 8.57. The lowest BCUT2D eigenvalue weighted by molar-refractivity contribution is 0.190. The van der Waals surface area contributed by atoms with Crippen LogP contribution in [0.4, 0.5) is 0 Å². The van der Waals surface area contributed by atoms with Gasteiger partial charge in [0.05, 0.1) is 16.7 Å². The zero-order valence-corrected chi connectivity index (χ0v) is 15.6. The maximum absolute atomic E-state index is 5.54. The number of nitrogens with one attached hydrogen (secondary N) is 1. The van der Waals surface area contributed by atoms with Gasteiger partial charge in [-0.1, -0.05) is 19.0 Å². The minimum atomic E-state index is 0. The molecule has 1 N–H and O–H groups in total. The van der Waals surface area contributed by atoms with E-state index in [1.54, 1.807) is 11.3 Å². The highest BCUT2D eigenvalue weighted by atomic mass is 35.5. The van der Waals surface area contributed by atoms with E-state index in [0.29, 0.717) is 11.8 Å². The maximum Gasteiger partial charge on any atom is 0.269 e. The largest absolute Gasteiger partial charge is 0.333 e. The van der Waals surface area contributed by atoms with Crippen molar-refractivity contribution in [2.24, 2.45) is 5.92 Å². The Kier molecular flexibility index (Phi) is 6.13. The highest BCUT2D eigenvalue weighted by Gasteiger charge is 2.26. The van der Waals surface area contributed by atoms with E-state index in [1.807, 2.05) is 6.92 Å². The Hall–Kier alpha value is -1.02. The molecule has 8 heteroatoms. The van der Waals surface area contributed by atoms with E-state index >= 15 is 0 Å². The molecule has 6 nitrogen and oxygen atoms in total. The highest BCUT2D eigenvalue weighted by Crippen LogP contribution is 2.31. The van der Waals surface area contributed by atoms with E-state index in [0.717, 1.165) is 47.5 Å². The second-order valence-corrected chi connectivity index (χ2v) is 7.47. The number of aryl methyl sites for hydroxylation is 1. The average molecular weight is 358 g/mol. The van der Waals surface area contributed by atoms with E-state index in [2.05, 4.69) is 46.2 Å². The third-order valence-electron chi connectivity index (χ3n) is 3.85. The Balaban J connectivity index is 0.00000192. The summed E-state index contributed by atoms with van der Waals surface area (Å²) in [5.74, 6) is 1.91.